The lowest BCUT2D eigenvalue weighted by Crippen LogP contribution is -2.32. The minimum absolute atomic E-state index is 0.000750. The van der Waals surface area contributed by atoms with Gasteiger partial charge in [0.2, 0.25) is 0 Å². The zero-order valence-electron chi connectivity index (χ0n) is 17.7. The molecule has 32 heavy (non-hydrogen) atoms. The number of halogens is 1. The van der Waals surface area contributed by atoms with E-state index in [1.165, 1.54) is 24.3 Å². The van der Waals surface area contributed by atoms with Crippen molar-refractivity contribution in [2.75, 3.05) is 26.8 Å². The number of hydrogen-bond donors (Lipinski definition) is 2. The summed E-state index contributed by atoms with van der Waals surface area (Å²) in [6.07, 6.45) is 0.116. The van der Waals surface area contributed by atoms with E-state index in [4.69, 9.17) is 21.1 Å². The summed E-state index contributed by atoms with van der Waals surface area (Å²) in [7, 11) is 1.63. The van der Waals surface area contributed by atoms with Gasteiger partial charge in [-0.05, 0) is 54.4 Å². The van der Waals surface area contributed by atoms with Gasteiger partial charge in [-0.1, -0.05) is 35.9 Å². The molecule has 3 aromatic carbocycles. The molecule has 0 aliphatic heterocycles. The number of nitro groups is 1. The molecule has 2 N–H and O–H groups in total. The molecule has 3 aromatic rings. The molecule has 0 saturated carbocycles. The fourth-order valence-corrected chi connectivity index (χ4v) is 3.35. The van der Waals surface area contributed by atoms with Crippen molar-refractivity contribution in [3.05, 3.63) is 87.4 Å². The zero-order valence-corrected chi connectivity index (χ0v) is 18.4. The summed E-state index contributed by atoms with van der Waals surface area (Å²) in [5.41, 5.74) is 3.10. The number of aliphatic hydroxyl groups excluding tert-OH is 1. The molecule has 1 atom stereocenters. The van der Waals surface area contributed by atoms with Crippen LogP contribution in [0.4, 0.5) is 5.69 Å². The van der Waals surface area contributed by atoms with Crippen molar-refractivity contribution in [3.8, 4) is 22.6 Å². The highest BCUT2D eigenvalue weighted by Crippen LogP contribution is 2.31. The van der Waals surface area contributed by atoms with Crippen LogP contribution in [0.1, 0.15) is 5.56 Å². The normalized spacial score (nSPS) is 11.7. The maximum absolute atomic E-state index is 10.7. The molecule has 0 radical (unpaired) electrons. The number of nitro benzene ring substituents is 1. The lowest BCUT2D eigenvalue weighted by molar-refractivity contribution is -0.384. The highest BCUT2D eigenvalue weighted by Gasteiger charge is 2.08. The smallest absolute Gasteiger partial charge is 0.269 e. The van der Waals surface area contributed by atoms with Crippen LogP contribution in [-0.4, -0.2) is 42.9 Å². The average molecular weight is 457 g/mol. The van der Waals surface area contributed by atoms with Gasteiger partial charge in [-0.3, -0.25) is 10.1 Å². The predicted molar refractivity (Wildman–Crippen MR) is 125 cm³/mol. The lowest BCUT2D eigenvalue weighted by Gasteiger charge is -2.13. The van der Waals surface area contributed by atoms with Crippen molar-refractivity contribution < 1.29 is 19.5 Å². The Morgan fingerprint density at radius 1 is 1.06 bits per heavy atom. The molecule has 8 heteroatoms. The second kappa shape index (κ2) is 11.5. The van der Waals surface area contributed by atoms with E-state index in [2.05, 4.69) is 17.4 Å². The molecule has 0 spiro atoms. The highest BCUT2D eigenvalue weighted by atomic mass is 35.5. The van der Waals surface area contributed by atoms with E-state index in [0.717, 1.165) is 28.9 Å². The molecule has 0 aliphatic rings. The van der Waals surface area contributed by atoms with Crippen molar-refractivity contribution in [2.24, 2.45) is 0 Å². The van der Waals surface area contributed by atoms with Crippen LogP contribution in [0.15, 0.2) is 66.7 Å². The van der Waals surface area contributed by atoms with Crippen molar-refractivity contribution in [3.63, 3.8) is 0 Å². The topological polar surface area (TPSA) is 93.9 Å². The SMILES string of the molecule is COc1ccc(Cl)c(-c2ccc(CCNCC(O)COc3ccc([N+](=O)[O-])cc3)cc2)c1. The molecule has 0 aliphatic carbocycles. The van der Waals surface area contributed by atoms with Gasteiger partial charge < -0.3 is 19.9 Å². The maximum Gasteiger partial charge on any atom is 0.269 e. The van der Waals surface area contributed by atoms with Crippen molar-refractivity contribution in [2.45, 2.75) is 12.5 Å². The van der Waals surface area contributed by atoms with Gasteiger partial charge in [0.25, 0.3) is 5.69 Å². The Morgan fingerprint density at radius 2 is 1.75 bits per heavy atom. The zero-order chi connectivity index (χ0) is 22.9. The summed E-state index contributed by atoms with van der Waals surface area (Å²) in [4.78, 5) is 10.2. The Kier molecular flexibility index (Phi) is 8.44. The van der Waals surface area contributed by atoms with E-state index in [0.29, 0.717) is 23.9 Å². The first kappa shape index (κ1) is 23.5. The summed E-state index contributed by atoms with van der Waals surface area (Å²) in [6.45, 7) is 1.18. The first-order chi connectivity index (χ1) is 15.5. The summed E-state index contributed by atoms with van der Waals surface area (Å²) in [5.74, 6) is 1.24. The van der Waals surface area contributed by atoms with Crippen molar-refractivity contribution in [1.29, 1.82) is 0 Å². The first-order valence-corrected chi connectivity index (χ1v) is 10.5. The average Bonchev–Trinajstić information content (AvgIpc) is 2.81. The van der Waals surface area contributed by atoms with Crippen LogP contribution in [0.5, 0.6) is 11.5 Å². The van der Waals surface area contributed by atoms with Crippen LogP contribution in [0, 0.1) is 10.1 Å². The molecule has 0 aromatic heterocycles. The second-order valence-electron chi connectivity index (χ2n) is 7.21. The van der Waals surface area contributed by atoms with Gasteiger partial charge in [0.15, 0.2) is 0 Å². The summed E-state index contributed by atoms with van der Waals surface area (Å²) < 4.78 is 10.7. The van der Waals surface area contributed by atoms with Gasteiger partial charge in [0, 0.05) is 29.3 Å². The lowest BCUT2D eigenvalue weighted by atomic mass is 10.0. The standard InChI is InChI=1S/C24H25ClN2O5/c1-31-22-10-11-24(25)23(14-22)18-4-2-17(3-5-18)12-13-26-15-20(28)16-32-21-8-6-19(7-9-21)27(29)30/h2-11,14,20,26,28H,12-13,15-16H2,1H3. The van der Waals surface area contributed by atoms with Gasteiger partial charge in [0.05, 0.1) is 12.0 Å². The third-order valence-electron chi connectivity index (χ3n) is 4.90. The fraction of sp³-hybridized carbons (Fsp3) is 0.250. The number of benzene rings is 3. The second-order valence-corrected chi connectivity index (χ2v) is 7.62. The monoisotopic (exact) mass is 456 g/mol. The predicted octanol–water partition coefficient (Wildman–Crippen LogP) is 4.50. The van der Waals surface area contributed by atoms with Crippen molar-refractivity contribution >= 4 is 17.3 Å². The molecule has 0 amide bonds. The minimum atomic E-state index is -0.692. The number of ether oxygens (including phenoxy) is 2. The number of nitrogens with zero attached hydrogens (tertiary/aromatic N) is 1. The molecule has 0 bridgehead atoms. The molecular weight excluding hydrogens is 432 g/mol. The number of aliphatic hydroxyl groups is 1. The van der Waals surface area contributed by atoms with Crippen molar-refractivity contribution in [1.82, 2.24) is 5.32 Å². The van der Waals surface area contributed by atoms with Crippen LogP contribution in [0.2, 0.25) is 5.02 Å². The van der Waals surface area contributed by atoms with E-state index in [1.54, 1.807) is 7.11 Å². The summed E-state index contributed by atoms with van der Waals surface area (Å²) in [5, 5.41) is 24.6. The Morgan fingerprint density at radius 3 is 2.41 bits per heavy atom. The van der Waals surface area contributed by atoms with Gasteiger partial charge in [0.1, 0.15) is 24.2 Å². The van der Waals surface area contributed by atoms with Crippen LogP contribution < -0.4 is 14.8 Å². The van der Waals surface area contributed by atoms with E-state index in [9.17, 15) is 15.2 Å². The Labute approximate surface area is 191 Å². The number of rotatable bonds is 11. The van der Waals surface area contributed by atoms with Crippen LogP contribution >= 0.6 is 11.6 Å². The number of non-ortho nitro benzene ring substituents is 1. The Hall–Kier alpha value is -3.13. The highest BCUT2D eigenvalue weighted by molar-refractivity contribution is 6.33. The molecule has 0 heterocycles. The molecule has 3 rings (SSSR count). The Balaban J connectivity index is 1.40. The van der Waals surface area contributed by atoms with Crippen LogP contribution in [-0.2, 0) is 6.42 Å². The molecule has 1 unspecified atom stereocenters. The van der Waals surface area contributed by atoms with Crippen LogP contribution in [0.25, 0.3) is 11.1 Å². The van der Waals surface area contributed by atoms with Gasteiger partial charge in [-0.2, -0.15) is 0 Å². The molecule has 7 nitrogen and oxygen atoms in total. The van der Waals surface area contributed by atoms with E-state index >= 15 is 0 Å². The third kappa shape index (κ3) is 6.68. The number of nitrogens with one attached hydrogen (secondary N) is 1. The van der Waals surface area contributed by atoms with E-state index in [-0.39, 0.29) is 12.3 Å². The largest absolute Gasteiger partial charge is 0.497 e. The molecule has 0 saturated heterocycles. The van der Waals surface area contributed by atoms with Crippen LogP contribution in [0.3, 0.4) is 0 Å². The molecule has 168 valence electrons. The van der Waals surface area contributed by atoms with E-state index < -0.39 is 11.0 Å². The van der Waals surface area contributed by atoms with Gasteiger partial charge >= 0.3 is 0 Å². The molecule has 0 fully saturated rings. The number of hydrogen-bond acceptors (Lipinski definition) is 6. The van der Waals surface area contributed by atoms with E-state index in [1.807, 2.05) is 30.3 Å². The minimum Gasteiger partial charge on any atom is -0.497 e. The Bertz CT molecular complexity index is 1030. The number of methoxy groups -OCH3 is 1. The summed E-state index contributed by atoms with van der Waals surface area (Å²) in [6, 6.07) is 19.5. The summed E-state index contributed by atoms with van der Waals surface area (Å²) >= 11 is 6.32. The fourth-order valence-electron chi connectivity index (χ4n) is 3.12. The van der Waals surface area contributed by atoms with Gasteiger partial charge in [-0.15, -0.1) is 0 Å². The quantitative estimate of drug-likeness (QED) is 0.251. The third-order valence-corrected chi connectivity index (χ3v) is 5.23. The first-order valence-electron chi connectivity index (χ1n) is 10.1. The van der Waals surface area contributed by atoms with Gasteiger partial charge in [-0.25, -0.2) is 0 Å². The maximum atomic E-state index is 10.7. The molecular formula is C24H25ClN2O5.